The number of carbonyl (C=O) groups is 1. The molecule has 1 atom stereocenters. The minimum absolute atomic E-state index is 0.105. The van der Waals surface area contributed by atoms with Gasteiger partial charge < -0.3 is 14.2 Å². The number of hydrogen-bond acceptors (Lipinski definition) is 4. The molecule has 4 bridgehead atoms. The summed E-state index contributed by atoms with van der Waals surface area (Å²) in [4.78, 5) is 16.8. The molecule has 0 aliphatic heterocycles. The number of hydrogen-bond donors (Lipinski definition) is 0. The Morgan fingerprint density at radius 1 is 0.892 bits per heavy atom. The standard InChI is InChI=1S/C32H37O4S/c1-31(25-18-23-17-24(20-25)21-26(31)19-23)36-30(33)22-35-32(34-2)15-13-29(14-16-32)37(27-9-5-3-6-10-27)28-11-7-4-8-12-28/h3-15,23-26H,16-22H2,1-2H3/q+1. The van der Waals surface area contributed by atoms with Crippen LogP contribution in [0.3, 0.4) is 0 Å². The van der Waals surface area contributed by atoms with Gasteiger partial charge in [0.05, 0.1) is 10.9 Å². The summed E-state index contributed by atoms with van der Waals surface area (Å²) in [6.07, 6.45) is 13.0. The molecule has 194 valence electrons. The van der Waals surface area contributed by atoms with Crippen molar-refractivity contribution in [3.05, 3.63) is 83.8 Å². The first kappa shape index (κ1) is 25.0. The molecule has 7 rings (SSSR count). The van der Waals surface area contributed by atoms with Crippen molar-refractivity contribution < 1.29 is 19.0 Å². The summed E-state index contributed by atoms with van der Waals surface area (Å²) in [5.41, 5.74) is -0.344. The smallest absolute Gasteiger partial charge is 0.332 e. The Morgan fingerprint density at radius 2 is 1.46 bits per heavy atom. The van der Waals surface area contributed by atoms with Gasteiger partial charge in [0, 0.05) is 13.5 Å². The second-order valence-electron chi connectivity index (χ2n) is 11.3. The lowest BCUT2D eigenvalue weighted by Gasteiger charge is -2.59. The maximum absolute atomic E-state index is 13.0. The van der Waals surface area contributed by atoms with Crippen LogP contribution in [0.25, 0.3) is 0 Å². The monoisotopic (exact) mass is 517 g/mol. The second kappa shape index (κ2) is 10.1. The molecule has 0 aromatic heterocycles. The van der Waals surface area contributed by atoms with E-state index in [1.54, 1.807) is 7.11 Å². The van der Waals surface area contributed by atoms with Crippen LogP contribution in [0.2, 0.25) is 0 Å². The molecular weight excluding hydrogens is 480 g/mol. The largest absolute Gasteiger partial charge is 0.457 e. The van der Waals surface area contributed by atoms with Crippen LogP contribution < -0.4 is 0 Å². The van der Waals surface area contributed by atoms with E-state index in [1.807, 2.05) is 18.2 Å². The number of benzene rings is 2. The predicted molar refractivity (Wildman–Crippen MR) is 146 cm³/mol. The highest BCUT2D eigenvalue weighted by Gasteiger charge is 2.57. The Morgan fingerprint density at radius 3 is 1.95 bits per heavy atom. The zero-order chi connectivity index (χ0) is 25.5. The molecule has 0 N–H and O–H groups in total. The first-order chi connectivity index (χ1) is 18.0. The van der Waals surface area contributed by atoms with Crippen LogP contribution in [0, 0.1) is 23.7 Å². The number of methoxy groups -OCH3 is 1. The molecule has 37 heavy (non-hydrogen) atoms. The zero-order valence-corrected chi connectivity index (χ0v) is 22.6. The lowest BCUT2D eigenvalue weighted by atomic mass is 9.50. The minimum atomic E-state index is -0.962. The Balaban J connectivity index is 1.13. The van der Waals surface area contributed by atoms with E-state index in [9.17, 15) is 4.79 Å². The molecule has 5 heteroatoms. The van der Waals surface area contributed by atoms with Crippen LogP contribution in [0.15, 0.2) is 93.6 Å². The van der Waals surface area contributed by atoms with Gasteiger partial charge in [-0.05, 0) is 105 Å². The van der Waals surface area contributed by atoms with Crippen LogP contribution in [-0.2, 0) is 29.9 Å². The van der Waals surface area contributed by atoms with Crippen molar-refractivity contribution in [2.45, 2.75) is 66.6 Å². The third-order valence-electron chi connectivity index (χ3n) is 9.16. The molecule has 2 aromatic carbocycles. The molecule has 1 unspecified atom stereocenters. The first-order valence-electron chi connectivity index (χ1n) is 13.6. The summed E-state index contributed by atoms with van der Waals surface area (Å²) in [6.45, 7) is 2.07. The molecule has 0 saturated heterocycles. The lowest BCUT2D eigenvalue weighted by Crippen LogP contribution is -2.58. The molecule has 0 spiro atoms. The van der Waals surface area contributed by atoms with Crippen molar-refractivity contribution in [1.82, 2.24) is 0 Å². The van der Waals surface area contributed by atoms with E-state index >= 15 is 0 Å². The van der Waals surface area contributed by atoms with E-state index in [-0.39, 0.29) is 29.1 Å². The van der Waals surface area contributed by atoms with Gasteiger partial charge in [-0.15, -0.1) is 0 Å². The molecule has 4 fully saturated rings. The van der Waals surface area contributed by atoms with Crippen LogP contribution in [-0.4, -0.2) is 31.1 Å². The Labute approximate surface area is 223 Å². The highest BCUT2D eigenvalue weighted by molar-refractivity contribution is 8.00. The fraction of sp³-hybridized carbons (Fsp3) is 0.469. The van der Waals surface area contributed by atoms with Gasteiger partial charge >= 0.3 is 5.97 Å². The van der Waals surface area contributed by atoms with Crippen molar-refractivity contribution in [3.63, 3.8) is 0 Å². The van der Waals surface area contributed by atoms with Crippen molar-refractivity contribution in [1.29, 1.82) is 0 Å². The van der Waals surface area contributed by atoms with E-state index in [2.05, 4.69) is 67.6 Å². The van der Waals surface area contributed by atoms with Crippen LogP contribution in [0.4, 0.5) is 0 Å². The van der Waals surface area contributed by atoms with Gasteiger partial charge in [0.15, 0.2) is 20.5 Å². The van der Waals surface area contributed by atoms with E-state index in [1.165, 1.54) is 46.8 Å². The van der Waals surface area contributed by atoms with Crippen molar-refractivity contribution in [2.24, 2.45) is 23.7 Å². The number of carbonyl (C=O) groups excluding carboxylic acids is 1. The van der Waals surface area contributed by atoms with Gasteiger partial charge in [0.2, 0.25) is 0 Å². The maximum Gasteiger partial charge on any atom is 0.332 e. The minimum Gasteiger partial charge on any atom is -0.457 e. The van der Waals surface area contributed by atoms with E-state index in [0.29, 0.717) is 18.3 Å². The molecule has 0 radical (unpaired) electrons. The van der Waals surface area contributed by atoms with Gasteiger partial charge in [-0.2, -0.15) is 0 Å². The predicted octanol–water partition coefficient (Wildman–Crippen LogP) is 6.68. The zero-order valence-electron chi connectivity index (χ0n) is 21.8. The van der Waals surface area contributed by atoms with Crippen LogP contribution in [0.5, 0.6) is 0 Å². The summed E-state index contributed by atoms with van der Waals surface area (Å²) < 4.78 is 18.2. The Hall–Kier alpha value is -2.34. The van der Waals surface area contributed by atoms with Crippen molar-refractivity contribution in [2.75, 3.05) is 13.7 Å². The fourth-order valence-corrected chi connectivity index (χ4v) is 9.45. The maximum atomic E-state index is 13.0. The van der Waals surface area contributed by atoms with Gasteiger partial charge in [-0.1, -0.05) is 36.4 Å². The topological polar surface area (TPSA) is 44.8 Å². The van der Waals surface area contributed by atoms with Crippen LogP contribution >= 0.6 is 0 Å². The average molecular weight is 518 g/mol. The van der Waals surface area contributed by atoms with Crippen LogP contribution in [0.1, 0.15) is 45.4 Å². The molecule has 0 heterocycles. The van der Waals surface area contributed by atoms with Gasteiger partial charge in [0.25, 0.3) is 0 Å². The molecular formula is C32H37O4S+. The van der Waals surface area contributed by atoms with Gasteiger partial charge in [0.1, 0.15) is 12.2 Å². The quantitative estimate of drug-likeness (QED) is 0.222. The second-order valence-corrected chi connectivity index (χ2v) is 13.4. The SMILES string of the molecule is COC1(OCC(=O)OC2(C)C3CC4CC(C3)CC2C4)C=CC([S+](c2ccccc2)c2ccccc2)=CC1. The van der Waals surface area contributed by atoms with Crippen molar-refractivity contribution >= 4 is 16.9 Å². The average Bonchev–Trinajstić information content (AvgIpc) is 2.93. The number of esters is 1. The highest BCUT2D eigenvalue weighted by Crippen LogP contribution is 2.59. The Kier molecular flexibility index (Phi) is 6.81. The van der Waals surface area contributed by atoms with Gasteiger partial charge in [-0.3, -0.25) is 0 Å². The third-order valence-corrected chi connectivity index (χ3v) is 11.4. The van der Waals surface area contributed by atoms with E-state index in [0.717, 1.165) is 11.8 Å². The summed E-state index contributed by atoms with van der Waals surface area (Å²) in [7, 11) is 1.41. The number of allylic oxidation sites excluding steroid dienone is 1. The fourth-order valence-electron chi connectivity index (χ4n) is 7.32. The molecule has 5 aliphatic rings. The van der Waals surface area contributed by atoms with Gasteiger partial charge in [-0.25, -0.2) is 4.79 Å². The summed E-state index contributed by atoms with van der Waals surface area (Å²) in [5.74, 6) is 1.44. The molecule has 4 saturated carbocycles. The third kappa shape index (κ3) is 4.82. The molecule has 0 amide bonds. The summed E-state index contributed by atoms with van der Waals surface area (Å²) in [6, 6.07) is 21.2. The van der Waals surface area contributed by atoms with E-state index < -0.39 is 5.79 Å². The lowest BCUT2D eigenvalue weighted by molar-refractivity contribution is -0.224. The molecule has 4 nitrogen and oxygen atoms in total. The molecule has 5 aliphatic carbocycles. The Bertz CT molecular complexity index is 1110. The van der Waals surface area contributed by atoms with Crippen molar-refractivity contribution in [3.8, 4) is 0 Å². The summed E-state index contributed by atoms with van der Waals surface area (Å²) in [5, 5.41) is 0. The number of ether oxygens (including phenoxy) is 3. The normalized spacial score (nSPS) is 34.0. The summed E-state index contributed by atoms with van der Waals surface area (Å²) >= 11 is 0. The molecule has 2 aromatic rings. The first-order valence-corrected chi connectivity index (χ1v) is 14.9. The number of rotatable bonds is 8. The highest BCUT2D eigenvalue weighted by atomic mass is 32.2. The van der Waals surface area contributed by atoms with E-state index in [4.69, 9.17) is 14.2 Å².